The van der Waals surface area contributed by atoms with E-state index in [4.69, 9.17) is 0 Å². The van der Waals surface area contributed by atoms with Crippen molar-refractivity contribution in [3.8, 4) is 0 Å². The number of hydrogen-bond acceptors (Lipinski definition) is 1. The zero-order chi connectivity index (χ0) is 5.54. The third kappa shape index (κ3) is 5.15. The summed E-state index contributed by atoms with van der Waals surface area (Å²) in [4.78, 5) is 3.49. The van der Waals surface area contributed by atoms with Crippen LogP contribution in [0.5, 0.6) is 0 Å². The normalized spacial score (nSPS) is 11.0. The average molecular weight is 95.1 g/mol. The second kappa shape index (κ2) is 5.15. The van der Waals surface area contributed by atoms with Crippen LogP contribution in [0.4, 0.5) is 0 Å². The van der Waals surface area contributed by atoms with Crippen molar-refractivity contribution in [3.63, 3.8) is 0 Å². The smallest absolute Gasteiger partial charge is 0.0260 e. The molecule has 0 unspecified atom stereocenters. The van der Waals surface area contributed by atoms with Crippen molar-refractivity contribution in [3.05, 3.63) is 24.4 Å². The summed E-state index contributed by atoms with van der Waals surface area (Å²) in [5.41, 5.74) is 0. The number of rotatable bonds is 2. The zero-order valence-corrected chi connectivity index (χ0v) is 4.46. The quantitative estimate of drug-likeness (QED) is 0.366. The highest BCUT2D eigenvalue weighted by Crippen LogP contribution is 1.73. The molecule has 0 atom stereocenters. The highest BCUT2D eigenvalue weighted by atomic mass is 14.6. The molecule has 0 saturated carbocycles. The van der Waals surface area contributed by atoms with Gasteiger partial charge in [0.2, 0.25) is 0 Å². The van der Waals surface area contributed by atoms with Crippen molar-refractivity contribution >= 4 is 6.72 Å². The molecule has 0 aliphatic carbocycles. The lowest BCUT2D eigenvalue weighted by atomic mass is 10.5. The van der Waals surface area contributed by atoms with Gasteiger partial charge >= 0.3 is 0 Å². The maximum absolute atomic E-state index is 3.49. The Hall–Kier alpha value is -0.850. The molecule has 0 aliphatic heterocycles. The molecule has 38 valence electrons. The summed E-state index contributed by atoms with van der Waals surface area (Å²) in [6, 6.07) is 0. The summed E-state index contributed by atoms with van der Waals surface area (Å²) in [6.45, 7) is 5.21. The van der Waals surface area contributed by atoms with E-state index in [0.717, 1.165) is 0 Å². The molecule has 0 rings (SSSR count). The van der Waals surface area contributed by atoms with Gasteiger partial charge in [-0.05, 0) is 19.7 Å². The summed E-state index contributed by atoms with van der Waals surface area (Å²) in [6.07, 6.45) is 7.30. The van der Waals surface area contributed by atoms with Crippen LogP contribution in [0, 0.1) is 0 Å². The fourth-order valence-electron chi connectivity index (χ4n) is 0.222. The zero-order valence-electron chi connectivity index (χ0n) is 4.46. The van der Waals surface area contributed by atoms with Crippen LogP contribution in [0.2, 0.25) is 0 Å². The van der Waals surface area contributed by atoms with Crippen LogP contribution in [-0.2, 0) is 0 Å². The number of aliphatic imine (C=N–C) groups is 1. The Bertz CT molecular complexity index is 90.4. The minimum Gasteiger partial charge on any atom is -0.273 e. The lowest BCUT2D eigenvalue weighted by Gasteiger charge is -1.65. The lowest BCUT2D eigenvalue weighted by Crippen LogP contribution is -1.44. The molecule has 1 nitrogen and oxygen atoms in total. The van der Waals surface area contributed by atoms with E-state index in [0.29, 0.717) is 0 Å². The maximum atomic E-state index is 3.49. The van der Waals surface area contributed by atoms with Crippen LogP contribution in [0.3, 0.4) is 0 Å². The molecule has 0 heterocycles. The van der Waals surface area contributed by atoms with E-state index in [1.165, 1.54) is 0 Å². The van der Waals surface area contributed by atoms with Gasteiger partial charge in [-0.15, -0.1) is 0 Å². The van der Waals surface area contributed by atoms with Gasteiger partial charge in [0.1, 0.15) is 0 Å². The molecule has 7 heavy (non-hydrogen) atoms. The lowest BCUT2D eigenvalue weighted by molar-refractivity contribution is 1.60. The third-order valence-corrected chi connectivity index (χ3v) is 0.495. The molecule has 0 saturated heterocycles. The van der Waals surface area contributed by atoms with Crippen LogP contribution < -0.4 is 0 Å². The van der Waals surface area contributed by atoms with Gasteiger partial charge in [-0.1, -0.05) is 12.2 Å². The Morgan fingerprint density at radius 3 is 2.57 bits per heavy atom. The Labute approximate surface area is 44.1 Å². The largest absolute Gasteiger partial charge is 0.273 e. The predicted octanol–water partition coefficient (Wildman–Crippen LogP) is 1.78. The van der Waals surface area contributed by atoms with Crippen LogP contribution >= 0.6 is 0 Å². The van der Waals surface area contributed by atoms with E-state index in [9.17, 15) is 0 Å². The molecule has 0 aromatic heterocycles. The molecule has 0 amide bonds. The van der Waals surface area contributed by atoms with Crippen molar-refractivity contribution in [2.24, 2.45) is 4.99 Å². The van der Waals surface area contributed by atoms with E-state index >= 15 is 0 Å². The molecule has 0 radical (unpaired) electrons. The summed E-state index contributed by atoms with van der Waals surface area (Å²) < 4.78 is 0. The first kappa shape index (κ1) is 6.15. The second-order valence-corrected chi connectivity index (χ2v) is 1.05. The van der Waals surface area contributed by atoms with Crippen molar-refractivity contribution in [1.82, 2.24) is 0 Å². The molecular weight excluding hydrogens is 86.1 g/mol. The van der Waals surface area contributed by atoms with Gasteiger partial charge in [0.25, 0.3) is 0 Å². The van der Waals surface area contributed by atoms with Crippen LogP contribution in [0.15, 0.2) is 29.4 Å². The molecule has 0 fully saturated rings. The summed E-state index contributed by atoms with van der Waals surface area (Å²) in [5, 5.41) is 0. The predicted molar refractivity (Wildman–Crippen MR) is 33.5 cm³/mol. The third-order valence-electron chi connectivity index (χ3n) is 0.495. The minimum absolute atomic E-state index is 1.64. The Morgan fingerprint density at radius 1 is 1.43 bits per heavy atom. The van der Waals surface area contributed by atoms with E-state index < -0.39 is 0 Å². The number of nitrogens with zero attached hydrogens (tertiary/aromatic N) is 1. The maximum Gasteiger partial charge on any atom is 0.0260 e. The number of hydrogen-bond donors (Lipinski definition) is 0. The van der Waals surface area contributed by atoms with E-state index in [-0.39, 0.29) is 0 Å². The van der Waals surface area contributed by atoms with Crippen molar-refractivity contribution in [1.29, 1.82) is 0 Å². The fraction of sp³-hybridized carbons (Fsp3) is 0.167. The van der Waals surface area contributed by atoms with E-state index in [1.807, 2.05) is 25.2 Å². The highest BCUT2D eigenvalue weighted by molar-refractivity contribution is 5.26. The molecule has 0 N–H and O–H groups in total. The molecule has 0 aromatic rings. The van der Waals surface area contributed by atoms with Crippen LogP contribution in [0.1, 0.15) is 6.92 Å². The Kier molecular flexibility index (Phi) is 4.52. The van der Waals surface area contributed by atoms with Gasteiger partial charge in [-0.3, -0.25) is 4.99 Å². The topological polar surface area (TPSA) is 12.4 Å². The van der Waals surface area contributed by atoms with Gasteiger partial charge < -0.3 is 0 Å². The van der Waals surface area contributed by atoms with Crippen LogP contribution in [-0.4, -0.2) is 6.72 Å². The molecule has 1 heteroatoms. The van der Waals surface area contributed by atoms with Crippen molar-refractivity contribution < 1.29 is 0 Å². The molecule has 0 spiro atoms. The Balaban J connectivity index is 3.27. The standard InChI is InChI=1S/C6H9N/c1-3-4-5-6-7-2/h3-6H,2H2,1H3/b4-3+,6-5-. The molecule has 0 aliphatic rings. The first-order chi connectivity index (χ1) is 3.41. The monoisotopic (exact) mass is 95.1 g/mol. The molecular formula is C6H9N. The number of allylic oxidation sites excluding steroid dienone is 3. The fourth-order valence-corrected chi connectivity index (χ4v) is 0.222. The van der Waals surface area contributed by atoms with E-state index in [1.54, 1.807) is 6.20 Å². The first-order valence-corrected chi connectivity index (χ1v) is 2.15. The minimum atomic E-state index is 1.64. The summed E-state index contributed by atoms with van der Waals surface area (Å²) >= 11 is 0. The highest BCUT2D eigenvalue weighted by Gasteiger charge is 1.52. The average Bonchev–Trinajstić information content (AvgIpc) is 1.69. The SMILES string of the molecule is C=N/C=C\C=C\C. The van der Waals surface area contributed by atoms with Crippen LogP contribution in [0.25, 0.3) is 0 Å². The van der Waals surface area contributed by atoms with Gasteiger partial charge in [-0.2, -0.15) is 0 Å². The summed E-state index contributed by atoms with van der Waals surface area (Å²) in [7, 11) is 0. The first-order valence-electron chi connectivity index (χ1n) is 2.15. The van der Waals surface area contributed by atoms with Crippen molar-refractivity contribution in [2.45, 2.75) is 6.92 Å². The summed E-state index contributed by atoms with van der Waals surface area (Å²) in [5.74, 6) is 0. The second-order valence-electron chi connectivity index (χ2n) is 1.05. The van der Waals surface area contributed by atoms with Crippen molar-refractivity contribution in [2.75, 3.05) is 0 Å². The molecule has 0 aromatic carbocycles. The molecule has 0 bridgehead atoms. The van der Waals surface area contributed by atoms with E-state index in [2.05, 4.69) is 11.7 Å². The van der Waals surface area contributed by atoms with Gasteiger partial charge in [0.05, 0.1) is 0 Å². The Morgan fingerprint density at radius 2 is 2.14 bits per heavy atom. The van der Waals surface area contributed by atoms with Gasteiger partial charge in [0.15, 0.2) is 0 Å². The van der Waals surface area contributed by atoms with Gasteiger partial charge in [-0.25, -0.2) is 0 Å². The van der Waals surface area contributed by atoms with Gasteiger partial charge in [0, 0.05) is 6.20 Å².